The van der Waals surface area contributed by atoms with Gasteiger partial charge in [-0.25, -0.2) is 0 Å². The molecule has 0 heterocycles. The first-order valence-electron chi connectivity index (χ1n) is 5.99. The SMILES string of the molecule is Cc1cccc(NC(=O)[CH]Cc2ccccc2)c1. The molecule has 2 nitrogen and oxygen atoms in total. The van der Waals surface area contributed by atoms with Gasteiger partial charge in [-0.05, 0) is 36.6 Å². The molecule has 0 spiro atoms. The van der Waals surface area contributed by atoms with E-state index < -0.39 is 0 Å². The van der Waals surface area contributed by atoms with Crippen molar-refractivity contribution in [2.45, 2.75) is 13.3 Å². The zero-order valence-corrected chi connectivity index (χ0v) is 10.4. The first kappa shape index (κ1) is 12.4. The third kappa shape index (κ3) is 3.74. The largest absolute Gasteiger partial charge is 0.326 e. The summed E-state index contributed by atoms with van der Waals surface area (Å²) in [6.07, 6.45) is 2.32. The van der Waals surface area contributed by atoms with E-state index >= 15 is 0 Å². The van der Waals surface area contributed by atoms with Crippen molar-refractivity contribution < 1.29 is 4.79 Å². The van der Waals surface area contributed by atoms with E-state index in [0.717, 1.165) is 16.8 Å². The van der Waals surface area contributed by atoms with E-state index in [-0.39, 0.29) is 5.91 Å². The van der Waals surface area contributed by atoms with Crippen LogP contribution >= 0.6 is 0 Å². The van der Waals surface area contributed by atoms with Crippen molar-refractivity contribution in [3.63, 3.8) is 0 Å². The Morgan fingerprint density at radius 2 is 1.89 bits per heavy atom. The van der Waals surface area contributed by atoms with Crippen LogP contribution in [0.15, 0.2) is 54.6 Å². The normalized spacial score (nSPS) is 10.1. The standard InChI is InChI=1S/C16H16NO/c1-13-6-5-9-15(12-13)17-16(18)11-10-14-7-3-2-4-8-14/h2-9,11-12H,10H2,1H3,(H,17,18). The van der Waals surface area contributed by atoms with Crippen LogP contribution in [0.1, 0.15) is 11.1 Å². The Morgan fingerprint density at radius 1 is 1.11 bits per heavy atom. The van der Waals surface area contributed by atoms with E-state index in [2.05, 4.69) is 5.32 Å². The minimum Gasteiger partial charge on any atom is -0.326 e. The van der Waals surface area contributed by atoms with Crippen molar-refractivity contribution in [3.05, 3.63) is 72.1 Å². The summed E-state index contributed by atoms with van der Waals surface area (Å²) in [6.45, 7) is 2.00. The highest BCUT2D eigenvalue weighted by molar-refractivity contribution is 5.97. The summed E-state index contributed by atoms with van der Waals surface area (Å²) < 4.78 is 0. The van der Waals surface area contributed by atoms with Crippen LogP contribution in [0.5, 0.6) is 0 Å². The maximum absolute atomic E-state index is 11.7. The molecule has 0 saturated carbocycles. The lowest BCUT2D eigenvalue weighted by molar-refractivity contribution is -0.113. The zero-order chi connectivity index (χ0) is 12.8. The van der Waals surface area contributed by atoms with Crippen LogP contribution in [-0.2, 0) is 11.2 Å². The van der Waals surface area contributed by atoms with Crippen molar-refractivity contribution in [1.82, 2.24) is 0 Å². The van der Waals surface area contributed by atoms with Gasteiger partial charge in [0.25, 0.3) is 0 Å². The van der Waals surface area contributed by atoms with Gasteiger partial charge in [0, 0.05) is 5.69 Å². The lowest BCUT2D eigenvalue weighted by Gasteiger charge is -2.05. The Bertz CT molecular complexity index is 520. The molecule has 0 bridgehead atoms. The predicted molar refractivity (Wildman–Crippen MR) is 74.3 cm³/mol. The smallest absolute Gasteiger partial charge is 0.228 e. The molecule has 0 aliphatic carbocycles. The molecule has 0 aliphatic rings. The molecule has 1 N–H and O–H groups in total. The maximum Gasteiger partial charge on any atom is 0.228 e. The molecule has 2 aromatic rings. The molecule has 0 saturated heterocycles. The van der Waals surface area contributed by atoms with E-state index in [9.17, 15) is 4.79 Å². The summed E-state index contributed by atoms with van der Waals surface area (Å²) in [4.78, 5) is 11.7. The van der Waals surface area contributed by atoms with Crippen LogP contribution in [-0.4, -0.2) is 5.91 Å². The molecule has 1 amide bonds. The molecule has 2 heteroatoms. The molecule has 2 aromatic carbocycles. The number of benzene rings is 2. The molecule has 1 radical (unpaired) electrons. The van der Waals surface area contributed by atoms with Crippen molar-refractivity contribution in [2.75, 3.05) is 5.32 Å². The predicted octanol–water partition coefficient (Wildman–Crippen LogP) is 3.38. The Kier molecular flexibility index (Phi) is 4.13. The van der Waals surface area contributed by atoms with Gasteiger partial charge in [-0.3, -0.25) is 4.79 Å². The Labute approximate surface area is 108 Å². The summed E-state index contributed by atoms with van der Waals surface area (Å²) in [5, 5.41) is 2.86. The summed E-state index contributed by atoms with van der Waals surface area (Å²) in [6, 6.07) is 17.7. The summed E-state index contributed by atoms with van der Waals surface area (Å²) in [7, 11) is 0. The summed E-state index contributed by atoms with van der Waals surface area (Å²) in [5.41, 5.74) is 3.11. The number of aryl methyl sites for hydroxylation is 1. The molecule has 91 valence electrons. The van der Waals surface area contributed by atoms with E-state index in [1.807, 2.05) is 61.5 Å². The lowest BCUT2D eigenvalue weighted by Crippen LogP contribution is -2.13. The number of amides is 1. The van der Waals surface area contributed by atoms with Gasteiger partial charge < -0.3 is 5.32 Å². The van der Waals surface area contributed by atoms with Gasteiger partial charge in [-0.2, -0.15) is 0 Å². The van der Waals surface area contributed by atoms with E-state index in [1.54, 1.807) is 6.42 Å². The van der Waals surface area contributed by atoms with Gasteiger partial charge >= 0.3 is 0 Å². The molecular weight excluding hydrogens is 222 g/mol. The highest BCUT2D eigenvalue weighted by atomic mass is 16.1. The number of rotatable bonds is 4. The summed E-state index contributed by atoms with van der Waals surface area (Å²) >= 11 is 0. The third-order valence-corrected chi connectivity index (χ3v) is 2.65. The molecule has 2 rings (SSSR count). The fourth-order valence-electron chi connectivity index (χ4n) is 1.74. The average molecular weight is 238 g/mol. The Balaban J connectivity index is 1.86. The lowest BCUT2D eigenvalue weighted by atomic mass is 10.1. The van der Waals surface area contributed by atoms with Crippen LogP contribution in [0.4, 0.5) is 5.69 Å². The number of carbonyl (C=O) groups excluding carboxylic acids is 1. The Hall–Kier alpha value is -2.09. The van der Waals surface area contributed by atoms with E-state index in [1.165, 1.54) is 0 Å². The van der Waals surface area contributed by atoms with Crippen molar-refractivity contribution in [3.8, 4) is 0 Å². The average Bonchev–Trinajstić information content (AvgIpc) is 2.38. The monoisotopic (exact) mass is 238 g/mol. The molecule has 18 heavy (non-hydrogen) atoms. The first-order chi connectivity index (χ1) is 8.74. The second kappa shape index (κ2) is 6.01. The summed E-state index contributed by atoms with van der Waals surface area (Å²) in [5.74, 6) is -0.0653. The minimum atomic E-state index is -0.0653. The second-order valence-electron chi connectivity index (χ2n) is 4.25. The van der Waals surface area contributed by atoms with Gasteiger partial charge in [0.2, 0.25) is 5.91 Å². The Morgan fingerprint density at radius 3 is 2.61 bits per heavy atom. The van der Waals surface area contributed by atoms with Crippen LogP contribution in [0.2, 0.25) is 0 Å². The van der Waals surface area contributed by atoms with Crippen molar-refractivity contribution in [1.29, 1.82) is 0 Å². The number of hydrogen-bond acceptors (Lipinski definition) is 1. The van der Waals surface area contributed by atoms with E-state index in [0.29, 0.717) is 6.42 Å². The van der Waals surface area contributed by atoms with Gasteiger partial charge in [0.1, 0.15) is 0 Å². The molecule has 0 unspecified atom stereocenters. The van der Waals surface area contributed by atoms with Crippen molar-refractivity contribution >= 4 is 11.6 Å². The van der Waals surface area contributed by atoms with Gasteiger partial charge in [-0.15, -0.1) is 0 Å². The van der Waals surface area contributed by atoms with E-state index in [4.69, 9.17) is 0 Å². The van der Waals surface area contributed by atoms with Crippen molar-refractivity contribution in [2.24, 2.45) is 0 Å². The van der Waals surface area contributed by atoms with Gasteiger partial charge in [0.05, 0.1) is 6.42 Å². The zero-order valence-electron chi connectivity index (χ0n) is 10.4. The topological polar surface area (TPSA) is 29.1 Å². The second-order valence-corrected chi connectivity index (χ2v) is 4.25. The van der Waals surface area contributed by atoms with Gasteiger partial charge in [0.15, 0.2) is 0 Å². The fraction of sp³-hybridized carbons (Fsp3) is 0.125. The first-order valence-corrected chi connectivity index (χ1v) is 5.99. The highest BCUT2D eigenvalue weighted by Crippen LogP contribution is 2.10. The van der Waals surface area contributed by atoms with Gasteiger partial charge in [-0.1, -0.05) is 42.5 Å². The number of carbonyl (C=O) groups is 1. The third-order valence-electron chi connectivity index (χ3n) is 2.65. The number of hydrogen-bond donors (Lipinski definition) is 1. The minimum absolute atomic E-state index is 0.0653. The van der Waals surface area contributed by atoms with Crippen LogP contribution in [0, 0.1) is 13.3 Å². The highest BCUT2D eigenvalue weighted by Gasteiger charge is 2.03. The molecule has 0 aliphatic heterocycles. The van der Waals surface area contributed by atoms with Crippen LogP contribution in [0.25, 0.3) is 0 Å². The molecule has 0 fully saturated rings. The fourth-order valence-corrected chi connectivity index (χ4v) is 1.74. The van der Waals surface area contributed by atoms with Crippen LogP contribution < -0.4 is 5.32 Å². The number of anilines is 1. The molecule has 0 aromatic heterocycles. The maximum atomic E-state index is 11.7. The quantitative estimate of drug-likeness (QED) is 0.869. The molecular formula is C16H16NO. The van der Waals surface area contributed by atoms with Crippen LogP contribution in [0.3, 0.4) is 0 Å². The number of nitrogens with one attached hydrogen (secondary N) is 1. The molecule has 0 atom stereocenters.